The minimum atomic E-state index is -4.50. The standard InChI is InChI=1S/C24H23F3N4O3.FH.H2/c1-30-21(18(12-28-30)24(25,26)27)15-7-9-17(10-8-15)29-23(32)19-5-3-11-31(19)13-16-4-2-6-20-22(16)34-14-33-20;;/h2,4,6-10,12,19H,3,5,11,13-14H2,1H3,(H,29,32);2*1H/t19-;;/m1../s1. The molecule has 2 aliphatic rings. The fourth-order valence-electron chi connectivity index (χ4n) is 4.57. The molecular weight excluding hydrogens is 468 g/mol. The smallest absolute Gasteiger partial charge is 0.420 e. The Balaban J connectivity index is 0.00000180. The Hall–Kier alpha value is -3.60. The van der Waals surface area contributed by atoms with Crippen molar-refractivity contribution in [3.63, 3.8) is 0 Å². The van der Waals surface area contributed by atoms with Gasteiger partial charge in [-0.2, -0.15) is 18.3 Å². The molecule has 0 aliphatic carbocycles. The average Bonchev–Trinajstić information content (AvgIpc) is 3.54. The van der Waals surface area contributed by atoms with Gasteiger partial charge in [0.25, 0.3) is 0 Å². The van der Waals surface area contributed by atoms with Crippen molar-refractivity contribution in [2.75, 3.05) is 18.7 Å². The van der Waals surface area contributed by atoms with Crippen LogP contribution in [0.5, 0.6) is 11.5 Å². The maximum atomic E-state index is 13.3. The number of hydrogen-bond acceptors (Lipinski definition) is 5. The number of likely N-dealkylation sites (tertiary alicyclic amines) is 1. The Labute approximate surface area is 200 Å². The number of carbonyl (C=O) groups excluding carboxylic acids is 1. The molecule has 188 valence electrons. The average molecular weight is 494 g/mol. The van der Waals surface area contributed by atoms with Crippen LogP contribution in [0.1, 0.15) is 25.4 Å². The van der Waals surface area contributed by atoms with E-state index in [2.05, 4.69) is 15.3 Å². The summed E-state index contributed by atoms with van der Waals surface area (Å²) in [5.41, 5.74) is 1.04. The van der Waals surface area contributed by atoms with Crippen LogP contribution in [-0.2, 0) is 24.6 Å². The van der Waals surface area contributed by atoms with Crippen LogP contribution in [0, 0.1) is 0 Å². The lowest BCUT2D eigenvalue weighted by atomic mass is 10.1. The number of para-hydroxylation sites is 1. The number of ether oxygens (including phenoxy) is 2. The van der Waals surface area contributed by atoms with E-state index in [1.54, 1.807) is 24.3 Å². The summed E-state index contributed by atoms with van der Waals surface area (Å²) >= 11 is 0. The molecule has 1 atom stereocenters. The minimum absolute atomic E-state index is 0. The fourth-order valence-corrected chi connectivity index (χ4v) is 4.57. The van der Waals surface area contributed by atoms with E-state index in [0.29, 0.717) is 23.5 Å². The number of alkyl halides is 3. The lowest BCUT2D eigenvalue weighted by Gasteiger charge is -2.24. The van der Waals surface area contributed by atoms with Gasteiger partial charge in [0.15, 0.2) is 11.5 Å². The van der Waals surface area contributed by atoms with Crippen LogP contribution in [0.3, 0.4) is 0 Å². The number of fused-ring (bicyclic) bond motifs is 1. The normalized spacial score (nSPS) is 17.3. The van der Waals surface area contributed by atoms with Crippen LogP contribution in [0.15, 0.2) is 48.7 Å². The third kappa shape index (κ3) is 4.81. The summed E-state index contributed by atoms with van der Waals surface area (Å²) in [6, 6.07) is 11.7. The maximum absolute atomic E-state index is 13.3. The van der Waals surface area contributed by atoms with Gasteiger partial charge in [0.1, 0.15) is 5.56 Å². The Morgan fingerprint density at radius 3 is 2.71 bits per heavy atom. The van der Waals surface area contributed by atoms with Crippen LogP contribution in [0.2, 0.25) is 0 Å². The van der Waals surface area contributed by atoms with Gasteiger partial charge in [0.2, 0.25) is 12.7 Å². The van der Waals surface area contributed by atoms with Gasteiger partial charge < -0.3 is 14.8 Å². The molecule has 3 heterocycles. The summed E-state index contributed by atoms with van der Waals surface area (Å²) < 4.78 is 52.1. The monoisotopic (exact) mass is 494 g/mol. The van der Waals surface area contributed by atoms with Gasteiger partial charge in [-0.1, -0.05) is 24.3 Å². The SMILES string of the molecule is Cn1ncc(C(F)(F)F)c1-c1ccc(NC(=O)[C@H]2CCCN2Cc2cccc3c2OCO3)cc1.F.[HH]. The first kappa shape index (κ1) is 24.5. The fraction of sp³-hybridized carbons (Fsp3) is 0.333. The summed E-state index contributed by atoms with van der Waals surface area (Å²) in [4.78, 5) is 15.1. The topological polar surface area (TPSA) is 68.6 Å². The van der Waals surface area contributed by atoms with Gasteiger partial charge in [-0.25, -0.2) is 0 Å². The molecule has 0 unspecified atom stereocenters. The van der Waals surface area contributed by atoms with Gasteiger partial charge in [-0.05, 0) is 37.6 Å². The van der Waals surface area contributed by atoms with E-state index in [-0.39, 0.29) is 30.6 Å². The van der Waals surface area contributed by atoms with Crippen molar-refractivity contribution in [2.24, 2.45) is 7.05 Å². The number of amides is 1. The number of nitrogens with zero attached hydrogens (tertiary/aromatic N) is 3. The molecule has 7 nitrogen and oxygen atoms in total. The molecule has 1 fully saturated rings. The van der Waals surface area contributed by atoms with Gasteiger partial charge in [0, 0.05) is 31.8 Å². The molecular formula is C24H26F4N4O3. The van der Waals surface area contributed by atoms with E-state index in [9.17, 15) is 18.0 Å². The Morgan fingerprint density at radius 2 is 1.97 bits per heavy atom. The number of aromatic nitrogens is 2. The van der Waals surface area contributed by atoms with Gasteiger partial charge in [-0.3, -0.25) is 19.1 Å². The highest BCUT2D eigenvalue weighted by Gasteiger charge is 2.36. The summed E-state index contributed by atoms with van der Waals surface area (Å²) in [5.74, 6) is 1.28. The molecule has 2 aliphatic heterocycles. The Morgan fingerprint density at radius 1 is 1.20 bits per heavy atom. The molecule has 2 aromatic carbocycles. The first-order valence-electron chi connectivity index (χ1n) is 10.9. The van der Waals surface area contributed by atoms with E-state index < -0.39 is 11.7 Å². The molecule has 35 heavy (non-hydrogen) atoms. The Bertz CT molecular complexity index is 1220. The van der Waals surface area contributed by atoms with Crippen molar-refractivity contribution >= 4 is 11.6 Å². The zero-order valence-corrected chi connectivity index (χ0v) is 18.8. The third-order valence-electron chi connectivity index (χ3n) is 6.19. The van der Waals surface area contributed by atoms with Gasteiger partial charge in [-0.15, -0.1) is 0 Å². The summed E-state index contributed by atoms with van der Waals surface area (Å²) in [6.07, 6.45) is -2.07. The van der Waals surface area contributed by atoms with E-state index in [1.807, 2.05) is 18.2 Å². The summed E-state index contributed by atoms with van der Waals surface area (Å²) in [5, 5.41) is 6.65. The highest BCUT2D eigenvalue weighted by atomic mass is 19.4. The highest BCUT2D eigenvalue weighted by Crippen LogP contribution is 2.38. The first-order chi connectivity index (χ1) is 16.3. The van der Waals surface area contributed by atoms with Crippen LogP contribution < -0.4 is 14.8 Å². The van der Waals surface area contributed by atoms with Crippen molar-refractivity contribution in [1.29, 1.82) is 0 Å². The predicted octanol–water partition coefficient (Wildman–Crippen LogP) is 4.84. The number of benzene rings is 2. The summed E-state index contributed by atoms with van der Waals surface area (Å²) in [6.45, 7) is 1.53. The van der Waals surface area contributed by atoms with Gasteiger partial charge in [0.05, 0.1) is 17.9 Å². The number of hydrogen-bond donors (Lipinski definition) is 1. The van der Waals surface area contributed by atoms with Crippen molar-refractivity contribution < 1.29 is 33.6 Å². The van der Waals surface area contributed by atoms with Crippen LogP contribution in [0.4, 0.5) is 23.6 Å². The second-order valence-corrected chi connectivity index (χ2v) is 8.37. The molecule has 5 rings (SSSR count). The molecule has 1 N–H and O–H groups in total. The minimum Gasteiger partial charge on any atom is -0.454 e. The second kappa shape index (κ2) is 9.57. The quantitative estimate of drug-likeness (QED) is 0.515. The molecule has 1 amide bonds. The maximum Gasteiger partial charge on any atom is 0.420 e. The third-order valence-corrected chi connectivity index (χ3v) is 6.19. The number of nitrogens with one attached hydrogen (secondary N) is 1. The predicted molar refractivity (Wildman–Crippen MR) is 123 cm³/mol. The number of carbonyl (C=O) groups is 1. The van der Waals surface area contributed by atoms with Crippen molar-refractivity contribution in [3.8, 4) is 22.8 Å². The van der Waals surface area contributed by atoms with Crippen molar-refractivity contribution in [1.82, 2.24) is 14.7 Å². The van der Waals surface area contributed by atoms with E-state index >= 15 is 0 Å². The van der Waals surface area contributed by atoms with E-state index in [1.165, 1.54) is 11.7 Å². The highest BCUT2D eigenvalue weighted by molar-refractivity contribution is 5.95. The van der Waals surface area contributed by atoms with E-state index in [4.69, 9.17) is 9.47 Å². The number of halogens is 4. The number of rotatable bonds is 5. The van der Waals surface area contributed by atoms with Crippen LogP contribution in [-0.4, -0.2) is 40.0 Å². The zero-order chi connectivity index (χ0) is 23.9. The molecule has 11 heteroatoms. The molecule has 1 saturated heterocycles. The number of anilines is 1. The van der Waals surface area contributed by atoms with Gasteiger partial charge >= 0.3 is 6.18 Å². The van der Waals surface area contributed by atoms with Crippen LogP contribution >= 0.6 is 0 Å². The lowest BCUT2D eigenvalue weighted by molar-refractivity contribution is -0.137. The largest absolute Gasteiger partial charge is 0.454 e. The molecule has 0 spiro atoms. The number of aryl methyl sites for hydroxylation is 1. The second-order valence-electron chi connectivity index (χ2n) is 8.37. The molecule has 0 saturated carbocycles. The first-order valence-corrected chi connectivity index (χ1v) is 10.9. The molecule has 0 bridgehead atoms. The molecule has 0 radical (unpaired) electrons. The lowest BCUT2D eigenvalue weighted by Crippen LogP contribution is -2.39. The Kier molecular flexibility index (Phi) is 6.70. The molecule has 3 aromatic rings. The van der Waals surface area contributed by atoms with Crippen LogP contribution in [0.25, 0.3) is 11.3 Å². The van der Waals surface area contributed by atoms with Crippen molar-refractivity contribution in [3.05, 3.63) is 59.8 Å². The molecule has 1 aromatic heterocycles. The van der Waals surface area contributed by atoms with E-state index in [0.717, 1.165) is 36.9 Å². The van der Waals surface area contributed by atoms with Crippen molar-refractivity contribution in [2.45, 2.75) is 31.6 Å². The summed E-state index contributed by atoms with van der Waals surface area (Å²) in [7, 11) is 1.47. The zero-order valence-electron chi connectivity index (χ0n) is 18.8.